The van der Waals surface area contributed by atoms with E-state index in [1.54, 1.807) is 18.2 Å². The molecule has 1 aliphatic heterocycles. The van der Waals surface area contributed by atoms with Crippen LogP contribution in [-0.4, -0.2) is 37.3 Å². The number of hydrogen-bond donors (Lipinski definition) is 2. The summed E-state index contributed by atoms with van der Waals surface area (Å²) in [6.45, 7) is 6.02. The fraction of sp³-hybridized carbons (Fsp3) is 0.308. The fourth-order valence-corrected chi connectivity index (χ4v) is 5.08. The molecule has 2 N–H and O–H groups in total. The molecule has 3 rings (SSSR count). The molecule has 2 aromatic rings. The van der Waals surface area contributed by atoms with Crippen molar-refractivity contribution in [3.05, 3.63) is 68.7 Å². The molecule has 8 nitrogen and oxygen atoms in total. The molecule has 1 aliphatic rings. The Hall–Kier alpha value is -3.48. The second-order valence-corrected chi connectivity index (χ2v) is 9.44. The lowest BCUT2D eigenvalue weighted by Crippen LogP contribution is -2.44. The highest BCUT2D eigenvalue weighted by Gasteiger charge is 2.44. The molecule has 0 unspecified atom stereocenters. The van der Waals surface area contributed by atoms with Crippen molar-refractivity contribution >= 4 is 46.8 Å². The normalized spacial score (nSPS) is 17.2. The third-order valence-electron chi connectivity index (χ3n) is 5.69. The van der Waals surface area contributed by atoms with Crippen LogP contribution >= 0.6 is 23.4 Å². The Kier molecular flexibility index (Phi) is 9.02. The number of benzene rings is 2. The van der Waals surface area contributed by atoms with Gasteiger partial charge in [0.05, 0.1) is 41.2 Å². The molecular weight excluding hydrogens is 502 g/mol. The maximum absolute atomic E-state index is 13.0. The molecule has 0 aliphatic carbocycles. The Labute approximate surface area is 219 Å². The molecule has 188 valence electrons. The van der Waals surface area contributed by atoms with Gasteiger partial charge in [-0.1, -0.05) is 47.6 Å². The molecule has 2 amide bonds. The van der Waals surface area contributed by atoms with Gasteiger partial charge in [0.2, 0.25) is 11.8 Å². The second kappa shape index (κ2) is 12.0. The number of aryl methyl sites for hydroxylation is 2. The van der Waals surface area contributed by atoms with Crippen molar-refractivity contribution in [2.24, 2.45) is 5.92 Å². The zero-order valence-electron chi connectivity index (χ0n) is 20.3. The molecule has 0 spiro atoms. The average molecular weight is 528 g/mol. The molecule has 36 heavy (non-hydrogen) atoms. The van der Waals surface area contributed by atoms with Crippen molar-refractivity contribution in [3.63, 3.8) is 0 Å². The summed E-state index contributed by atoms with van der Waals surface area (Å²) in [7, 11) is 1.18. The SMILES string of the molecule is CCOc1ccc([C@@H]2C(C#N)=C(SCC(=O)Nc3c(C)cccc3C)NC(=O)[C@@H]2C(=O)OC)cc1Cl. The second-order valence-electron chi connectivity index (χ2n) is 8.05. The minimum absolute atomic E-state index is 0.0613. The Morgan fingerprint density at radius 3 is 2.50 bits per heavy atom. The first-order valence-corrected chi connectivity index (χ1v) is 12.5. The van der Waals surface area contributed by atoms with E-state index in [0.29, 0.717) is 17.9 Å². The third kappa shape index (κ3) is 5.83. The summed E-state index contributed by atoms with van der Waals surface area (Å²) >= 11 is 7.37. The summed E-state index contributed by atoms with van der Waals surface area (Å²) in [6, 6.07) is 12.7. The number of halogens is 1. The summed E-state index contributed by atoms with van der Waals surface area (Å²) in [5.41, 5.74) is 3.17. The molecule has 10 heteroatoms. The van der Waals surface area contributed by atoms with Gasteiger partial charge in [0.15, 0.2) is 0 Å². The number of para-hydroxylation sites is 1. The van der Waals surface area contributed by atoms with Crippen LogP contribution in [0.2, 0.25) is 5.02 Å². The number of ether oxygens (including phenoxy) is 2. The van der Waals surface area contributed by atoms with E-state index >= 15 is 0 Å². The first-order valence-electron chi connectivity index (χ1n) is 11.2. The van der Waals surface area contributed by atoms with Gasteiger partial charge in [-0.2, -0.15) is 5.26 Å². The predicted octanol–water partition coefficient (Wildman–Crippen LogP) is 4.47. The number of thioether (sulfide) groups is 1. The number of nitrogens with zero attached hydrogens (tertiary/aromatic N) is 1. The van der Waals surface area contributed by atoms with E-state index in [1.165, 1.54) is 7.11 Å². The molecule has 0 radical (unpaired) electrons. The molecule has 2 atom stereocenters. The van der Waals surface area contributed by atoms with Crippen LogP contribution in [0.25, 0.3) is 0 Å². The van der Waals surface area contributed by atoms with Crippen LogP contribution in [-0.2, 0) is 19.1 Å². The number of amides is 2. The average Bonchev–Trinajstić information content (AvgIpc) is 2.85. The number of carbonyl (C=O) groups excluding carboxylic acids is 3. The first kappa shape index (κ1) is 27.1. The quantitative estimate of drug-likeness (QED) is 0.384. The molecular formula is C26H26ClN3O5S. The van der Waals surface area contributed by atoms with Crippen LogP contribution in [0.15, 0.2) is 47.0 Å². The Morgan fingerprint density at radius 1 is 1.22 bits per heavy atom. The summed E-state index contributed by atoms with van der Waals surface area (Å²) in [5, 5.41) is 16.0. The van der Waals surface area contributed by atoms with E-state index in [-0.39, 0.29) is 27.3 Å². The Morgan fingerprint density at radius 2 is 1.92 bits per heavy atom. The van der Waals surface area contributed by atoms with Gasteiger partial charge in [-0.25, -0.2) is 0 Å². The lowest BCUT2D eigenvalue weighted by atomic mass is 9.78. The van der Waals surface area contributed by atoms with Gasteiger partial charge in [0.1, 0.15) is 11.7 Å². The van der Waals surface area contributed by atoms with Gasteiger partial charge in [-0.3, -0.25) is 14.4 Å². The molecule has 1 heterocycles. The van der Waals surface area contributed by atoms with Gasteiger partial charge in [-0.05, 0) is 49.6 Å². The van der Waals surface area contributed by atoms with Crippen molar-refractivity contribution in [3.8, 4) is 11.8 Å². The monoisotopic (exact) mass is 527 g/mol. The Bertz CT molecular complexity index is 1250. The van der Waals surface area contributed by atoms with Crippen LogP contribution in [0.1, 0.15) is 29.5 Å². The maximum atomic E-state index is 13.0. The number of allylic oxidation sites excluding steroid dienone is 1. The topological polar surface area (TPSA) is 118 Å². The van der Waals surface area contributed by atoms with Crippen LogP contribution < -0.4 is 15.4 Å². The van der Waals surface area contributed by atoms with Crippen molar-refractivity contribution in [1.82, 2.24) is 5.32 Å². The molecule has 2 aromatic carbocycles. The third-order valence-corrected chi connectivity index (χ3v) is 7.00. The highest BCUT2D eigenvalue weighted by Crippen LogP contribution is 2.42. The van der Waals surface area contributed by atoms with E-state index in [9.17, 15) is 19.6 Å². The summed E-state index contributed by atoms with van der Waals surface area (Å²) in [5.74, 6) is -3.58. The number of rotatable bonds is 8. The van der Waals surface area contributed by atoms with Crippen molar-refractivity contribution < 1.29 is 23.9 Å². The fourth-order valence-electron chi connectivity index (χ4n) is 3.99. The summed E-state index contributed by atoms with van der Waals surface area (Å²) < 4.78 is 10.3. The number of anilines is 1. The molecule has 0 fully saturated rings. The van der Waals surface area contributed by atoms with Crippen LogP contribution in [0.4, 0.5) is 5.69 Å². The van der Waals surface area contributed by atoms with E-state index in [2.05, 4.69) is 16.7 Å². The van der Waals surface area contributed by atoms with Crippen molar-refractivity contribution in [2.75, 3.05) is 24.8 Å². The van der Waals surface area contributed by atoms with E-state index < -0.39 is 23.7 Å². The number of esters is 1. The van der Waals surface area contributed by atoms with Gasteiger partial charge in [0.25, 0.3) is 0 Å². The lowest BCUT2D eigenvalue weighted by molar-refractivity contribution is -0.150. The highest BCUT2D eigenvalue weighted by atomic mass is 35.5. The number of nitriles is 1. The number of methoxy groups -OCH3 is 1. The van der Waals surface area contributed by atoms with E-state index in [0.717, 1.165) is 28.6 Å². The van der Waals surface area contributed by atoms with Gasteiger partial charge in [0, 0.05) is 11.6 Å². The Balaban J connectivity index is 1.94. The zero-order valence-corrected chi connectivity index (χ0v) is 21.9. The summed E-state index contributed by atoms with van der Waals surface area (Å²) in [4.78, 5) is 38.3. The maximum Gasteiger partial charge on any atom is 0.319 e. The van der Waals surface area contributed by atoms with Crippen LogP contribution in [0.3, 0.4) is 0 Å². The minimum atomic E-state index is -1.30. The number of hydrogen-bond acceptors (Lipinski definition) is 7. The first-order chi connectivity index (χ1) is 17.2. The lowest BCUT2D eigenvalue weighted by Gasteiger charge is -2.31. The largest absolute Gasteiger partial charge is 0.492 e. The highest BCUT2D eigenvalue weighted by molar-refractivity contribution is 8.03. The molecule has 0 aromatic heterocycles. The van der Waals surface area contributed by atoms with E-state index in [1.807, 2.05) is 39.0 Å². The zero-order chi connectivity index (χ0) is 26.4. The minimum Gasteiger partial charge on any atom is -0.492 e. The predicted molar refractivity (Wildman–Crippen MR) is 139 cm³/mol. The van der Waals surface area contributed by atoms with Crippen LogP contribution in [0, 0.1) is 31.1 Å². The van der Waals surface area contributed by atoms with Gasteiger partial charge < -0.3 is 20.1 Å². The molecule has 0 saturated heterocycles. The summed E-state index contributed by atoms with van der Waals surface area (Å²) in [6.07, 6.45) is 0. The van der Waals surface area contributed by atoms with Gasteiger partial charge >= 0.3 is 5.97 Å². The van der Waals surface area contributed by atoms with Crippen molar-refractivity contribution in [1.29, 1.82) is 5.26 Å². The number of carbonyl (C=O) groups is 3. The van der Waals surface area contributed by atoms with Crippen molar-refractivity contribution in [2.45, 2.75) is 26.7 Å². The smallest absolute Gasteiger partial charge is 0.319 e. The molecule has 0 bridgehead atoms. The van der Waals surface area contributed by atoms with Gasteiger partial charge in [-0.15, -0.1) is 0 Å². The molecule has 0 saturated carbocycles. The standard InChI is InChI=1S/C26H26ClN3O5S/c1-5-35-19-10-9-16(11-18(19)27)21-17(12-28)25(30-24(32)22(21)26(33)34-4)36-13-20(31)29-23-14(2)7-6-8-15(23)3/h6-11,21-22H,5,13H2,1-4H3,(H,29,31)(H,30,32)/t21-,22-/m1/s1. The van der Waals surface area contributed by atoms with E-state index in [4.69, 9.17) is 21.1 Å². The van der Waals surface area contributed by atoms with Crippen LogP contribution in [0.5, 0.6) is 5.75 Å². The number of nitrogens with one attached hydrogen (secondary N) is 2.